The Kier molecular flexibility index (Phi) is 2.30. The van der Waals surface area contributed by atoms with Crippen molar-refractivity contribution >= 4 is 5.78 Å². The van der Waals surface area contributed by atoms with E-state index in [4.69, 9.17) is 10.5 Å². The van der Waals surface area contributed by atoms with E-state index in [9.17, 15) is 4.79 Å². The third-order valence-electron chi connectivity index (χ3n) is 2.19. The van der Waals surface area contributed by atoms with Gasteiger partial charge in [0.2, 0.25) is 0 Å². The number of ketones is 1. The van der Waals surface area contributed by atoms with Gasteiger partial charge >= 0.3 is 0 Å². The Morgan fingerprint density at radius 3 is 2.27 bits per heavy atom. The highest BCUT2D eigenvalue weighted by Gasteiger charge is 2.44. The monoisotopic (exact) mass is 157 g/mol. The molecule has 0 atom stereocenters. The molecule has 0 saturated carbocycles. The Morgan fingerprint density at radius 2 is 2.18 bits per heavy atom. The molecule has 1 saturated heterocycles. The largest absolute Gasteiger partial charge is 0.379 e. The van der Waals surface area contributed by atoms with E-state index in [1.807, 2.05) is 13.8 Å². The average Bonchev–Trinajstić information content (AvgIpc) is 1.86. The van der Waals surface area contributed by atoms with Gasteiger partial charge in [-0.2, -0.15) is 0 Å². The molecule has 1 rings (SSSR count). The van der Waals surface area contributed by atoms with E-state index in [1.165, 1.54) is 0 Å². The third kappa shape index (κ3) is 1.30. The standard InChI is InChI=1S/C8H15NO2/c1-6(2)7(10)8(3-9)4-11-5-8/h6H,3-5,9H2,1-2H3. The number of rotatable bonds is 3. The summed E-state index contributed by atoms with van der Waals surface area (Å²) in [6, 6.07) is 0. The van der Waals surface area contributed by atoms with Crippen LogP contribution in [0, 0.1) is 11.3 Å². The van der Waals surface area contributed by atoms with Crippen LogP contribution < -0.4 is 5.73 Å². The van der Waals surface area contributed by atoms with E-state index in [2.05, 4.69) is 0 Å². The van der Waals surface area contributed by atoms with Gasteiger partial charge in [-0.3, -0.25) is 4.79 Å². The van der Waals surface area contributed by atoms with Gasteiger partial charge in [-0.15, -0.1) is 0 Å². The number of Topliss-reactive ketones (excluding diaryl/α,β-unsaturated/α-hetero) is 1. The molecule has 1 aliphatic rings. The molecule has 64 valence electrons. The van der Waals surface area contributed by atoms with E-state index < -0.39 is 0 Å². The molecule has 0 radical (unpaired) electrons. The van der Waals surface area contributed by atoms with Gasteiger partial charge in [0, 0.05) is 12.5 Å². The van der Waals surface area contributed by atoms with Crippen LogP contribution in [0.4, 0.5) is 0 Å². The zero-order valence-corrected chi connectivity index (χ0v) is 7.09. The highest BCUT2D eigenvalue weighted by atomic mass is 16.5. The van der Waals surface area contributed by atoms with Crippen LogP contribution in [0.25, 0.3) is 0 Å². The molecular weight excluding hydrogens is 142 g/mol. The summed E-state index contributed by atoms with van der Waals surface area (Å²) in [4.78, 5) is 11.5. The topological polar surface area (TPSA) is 52.3 Å². The SMILES string of the molecule is CC(C)C(=O)C1(CN)COC1. The molecule has 0 bridgehead atoms. The van der Waals surface area contributed by atoms with Crippen LogP contribution in [-0.4, -0.2) is 25.5 Å². The van der Waals surface area contributed by atoms with Crippen LogP contribution >= 0.6 is 0 Å². The number of hydrogen-bond donors (Lipinski definition) is 1. The minimum Gasteiger partial charge on any atom is -0.379 e. The molecule has 2 N–H and O–H groups in total. The first-order chi connectivity index (χ1) is 5.12. The Morgan fingerprint density at radius 1 is 1.64 bits per heavy atom. The van der Waals surface area contributed by atoms with Gasteiger partial charge in [0.1, 0.15) is 5.78 Å². The minimum absolute atomic E-state index is 0.0717. The van der Waals surface area contributed by atoms with Crippen molar-refractivity contribution in [2.45, 2.75) is 13.8 Å². The smallest absolute Gasteiger partial charge is 0.147 e. The number of ether oxygens (including phenoxy) is 1. The van der Waals surface area contributed by atoms with Gasteiger partial charge in [0.25, 0.3) is 0 Å². The van der Waals surface area contributed by atoms with E-state index in [-0.39, 0.29) is 17.1 Å². The number of hydrogen-bond acceptors (Lipinski definition) is 3. The van der Waals surface area contributed by atoms with E-state index in [0.29, 0.717) is 19.8 Å². The zero-order chi connectivity index (χ0) is 8.48. The molecule has 1 aliphatic heterocycles. The van der Waals surface area contributed by atoms with Gasteiger partial charge < -0.3 is 10.5 Å². The molecule has 0 aromatic heterocycles. The maximum absolute atomic E-state index is 11.5. The van der Waals surface area contributed by atoms with Crippen molar-refractivity contribution in [3.63, 3.8) is 0 Å². The van der Waals surface area contributed by atoms with E-state index >= 15 is 0 Å². The second kappa shape index (κ2) is 2.91. The van der Waals surface area contributed by atoms with E-state index in [1.54, 1.807) is 0 Å². The maximum atomic E-state index is 11.5. The van der Waals surface area contributed by atoms with Crippen molar-refractivity contribution in [3.05, 3.63) is 0 Å². The van der Waals surface area contributed by atoms with Crippen LogP contribution in [0.1, 0.15) is 13.8 Å². The molecule has 3 nitrogen and oxygen atoms in total. The van der Waals surface area contributed by atoms with Crippen molar-refractivity contribution < 1.29 is 9.53 Å². The predicted octanol–water partition coefficient (Wildman–Crippen LogP) is 0.187. The Bertz CT molecular complexity index is 156. The van der Waals surface area contributed by atoms with Crippen LogP contribution in [-0.2, 0) is 9.53 Å². The zero-order valence-electron chi connectivity index (χ0n) is 7.09. The molecule has 0 aromatic rings. The number of nitrogens with two attached hydrogens (primary N) is 1. The minimum atomic E-state index is -0.339. The summed E-state index contributed by atoms with van der Waals surface area (Å²) in [6.07, 6.45) is 0. The lowest BCUT2D eigenvalue weighted by Gasteiger charge is -2.40. The Balaban J connectivity index is 2.62. The second-order valence-electron chi connectivity index (χ2n) is 3.50. The van der Waals surface area contributed by atoms with Gasteiger partial charge in [-0.25, -0.2) is 0 Å². The first kappa shape index (κ1) is 8.68. The maximum Gasteiger partial charge on any atom is 0.147 e. The molecule has 11 heavy (non-hydrogen) atoms. The first-order valence-electron chi connectivity index (χ1n) is 3.94. The number of carbonyl (C=O) groups excluding carboxylic acids is 1. The molecular formula is C8H15NO2. The van der Waals surface area contributed by atoms with Crippen molar-refractivity contribution in [1.29, 1.82) is 0 Å². The summed E-state index contributed by atoms with van der Waals surface area (Å²) in [6.45, 7) is 5.25. The lowest BCUT2D eigenvalue weighted by molar-refractivity contribution is -0.160. The quantitative estimate of drug-likeness (QED) is 0.636. The van der Waals surface area contributed by atoms with Crippen LogP contribution in [0.2, 0.25) is 0 Å². The molecule has 0 aromatic carbocycles. The van der Waals surface area contributed by atoms with Gasteiger partial charge in [-0.1, -0.05) is 13.8 Å². The first-order valence-corrected chi connectivity index (χ1v) is 3.94. The predicted molar refractivity (Wildman–Crippen MR) is 42.2 cm³/mol. The van der Waals surface area contributed by atoms with Crippen molar-refractivity contribution in [1.82, 2.24) is 0 Å². The van der Waals surface area contributed by atoms with Crippen molar-refractivity contribution in [2.24, 2.45) is 17.1 Å². The Labute approximate surface area is 66.9 Å². The van der Waals surface area contributed by atoms with Gasteiger partial charge in [0.05, 0.1) is 18.6 Å². The summed E-state index contributed by atoms with van der Waals surface area (Å²) >= 11 is 0. The van der Waals surface area contributed by atoms with Crippen LogP contribution in [0.15, 0.2) is 0 Å². The lowest BCUT2D eigenvalue weighted by Crippen LogP contribution is -2.55. The fraction of sp³-hybridized carbons (Fsp3) is 0.875. The second-order valence-corrected chi connectivity index (χ2v) is 3.50. The molecule has 0 amide bonds. The molecule has 3 heteroatoms. The average molecular weight is 157 g/mol. The van der Waals surface area contributed by atoms with E-state index in [0.717, 1.165) is 0 Å². The van der Waals surface area contributed by atoms with Gasteiger partial charge in [-0.05, 0) is 0 Å². The van der Waals surface area contributed by atoms with Crippen LogP contribution in [0.5, 0.6) is 0 Å². The summed E-state index contributed by atoms with van der Waals surface area (Å²) in [7, 11) is 0. The summed E-state index contributed by atoms with van der Waals surface area (Å²) < 4.78 is 5.00. The summed E-state index contributed by atoms with van der Waals surface area (Å²) in [5.74, 6) is 0.314. The van der Waals surface area contributed by atoms with Crippen molar-refractivity contribution in [2.75, 3.05) is 19.8 Å². The van der Waals surface area contributed by atoms with Gasteiger partial charge in [0.15, 0.2) is 0 Å². The van der Waals surface area contributed by atoms with Crippen molar-refractivity contribution in [3.8, 4) is 0 Å². The fourth-order valence-corrected chi connectivity index (χ4v) is 1.32. The Hall–Kier alpha value is -0.410. The molecule has 0 aliphatic carbocycles. The molecule has 1 fully saturated rings. The third-order valence-corrected chi connectivity index (χ3v) is 2.19. The molecule has 0 unspecified atom stereocenters. The molecule has 0 spiro atoms. The summed E-state index contributed by atoms with van der Waals surface area (Å²) in [5, 5.41) is 0. The molecule has 1 heterocycles. The normalized spacial score (nSPS) is 21.5. The lowest BCUT2D eigenvalue weighted by atomic mass is 9.77. The highest BCUT2D eigenvalue weighted by molar-refractivity contribution is 5.87. The number of carbonyl (C=O) groups is 1. The van der Waals surface area contributed by atoms with Crippen LogP contribution in [0.3, 0.4) is 0 Å². The summed E-state index contributed by atoms with van der Waals surface area (Å²) in [5.41, 5.74) is 5.17. The highest BCUT2D eigenvalue weighted by Crippen LogP contribution is 2.29. The fourth-order valence-electron chi connectivity index (χ4n) is 1.32.